The van der Waals surface area contributed by atoms with Crippen LogP contribution in [-0.2, 0) is 4.74 Å². The van der Waals surface area contributed by atoms with Crippen LogP contribution in [0.15, 0.2) is 22.7 Å². The maximum absolute atomic E-state index is 11.7. The number of hydrogen-bond acceptors (Lipinski definition) is 2. The Balaban J connectivity index is 2.27. The van der Waals surface area contributed by atoms with Gasteiger partial charge < -0.3 is 9.47 Å². The third kappa shape index (κ3) is 6.14. The first kappa shape index (κ1) is 14.6. The Hall–Kier alpha value is -0.460. The SMILES string of the molecule is FC(F)(F)COCCOc1ccc(Cl)cc1Br. The summed E-state index contributed by atoms with van der Waals surface area (Å²) in [5, 5.41) is 0.539. The third-order valence-corrected chi connectivity index (χ3v) is 2.50. The molecule has 0 N–H and O–H groups in total. The molecule has 0 aliphatic heterocycles. The molecule has 0 aliphatic carbocycles. The van der Waals surface area contributed by atoms with Gasteiger partial charge in [0.05, 0.1) is 11.1 Å². The van der Waals surface area contributed by atoms with Crippen molar-refractivity contribution < 1.29 is 22.6 Å². The molecule has 1 aromatic carbocycles. The van der Waals surface area contributed by atoms with E-state index in [1.54, 1.807) is 18.2 Å². The van der Waals surface area contributed by atoms with E-state index in [1.807, 2.05) is 0 Å². The van der Waals surface area contributed by atoms with E-state index in [0.717, 1.165) is 0 Å². The molecule has 0 bridgehead atoms. The van der Waals surface area contributed by atoms with E-state index in [9.17, 15) is 13.2 Å². The maximum atomic E-state index is 11.7. The van der Waals surface area contributed by atoms with E-state index < -0.39 is 12.8 Å². The average Bonchev–Trinajstić information content (AvgIpc) is 2.18. The summed E-state index contributed by atoms with van der Waals surface area (Å²) >= 11 is 8.93. The molecule has 0 spiro atoms. The molecule has 0 amide bonds. The second-order valence-corrected chi connectivity index (χ2v) is 4.38. The van der Waals surface area contributed by atoms with Crippen molar-refractivity contribution in [3.05, 3.63) is 27.7 Å². The summed E-state index contributed by atoms with van der Waals surface area (Å²) in [5.41, 5.74) is 0. The molecule has 17 heavy (non-hydrogen) atoms. The van der Waals surface area contributed by atoms with E-state index in [4.69, 9.17) is 16.3 Å². The first-order chi connectivity index (χ1) is 7.88. The van der Waals surface area contributed by atoms with Crippen molar-refractivity contribution >= 4 is 27.5 Å². The Labute approximate surface area is 110 Å². The highest BCUT2D eigenvalue weighted by molar-refractivity contribution is 9.10. The minimum atomic E-state index is -4.30. The van der Waals surface area contributed by atoms with Gasteiger partial charge in [-0.15, -0.1) is 0 Å². The van der Waals surface area contributed by atoms with Gasteiger partial charge in [-0.2, -0.15) is 13.2 Å². The van der Waals surface area contributed by atoms with Crippen LogP contribution in [0.5, 0.6) is 5.75 Å². The predicted octanol–water partition coefficient (Wildman–Crippen LogP) is 4.06. The van der Waals surface area contributed by atoms with Gasteiger partial charge >= 0.3 is 6.18 Å². The summed E-state index contributed by atoms with van der Waals surface area (Å²) in [6.07, 6.45) is -4.30. The minimum absolute atomic E-state index is 0.0380. The molecule has 0 fully saturated rings. The molecule has 0 aliphatic rings. The third-order valence-electron chi connectivity index (χ3n) is 1.64. The summed E-state index contributed by atoms with van der Waals surface area (Å²) in [4.78, 5) is 0. The fourth-order valence-electron chi connectivity index (χ4n) is 0.991. The van der Waals surface area contributed by atoms with E-state index in [1.165, 1.54) is 0 Å². The van der Waals surface area contributed by atoms with Crippen molar-refractivity contribution in [2.45, 2.75) is 6.18 Å². The molecule has 0 saturated carbocycles. The van der Waals surface area contributed by atoms with Gasteiger partial charge in [-0.1, -0.05) is 11.6 Å². The zero-order valence-electron chi connectivity index (χ0n) is 8.56. The van der Waals surface area contributed by atoms with Gasteiger partial charge in [-0.3, -0.25) is 0 Å². The van der Waals surface area contributed by atoms with Crippen LogP contribution in [-0.4, -0.2) is 26.0 Å². The molecule has 0 radical (unpaired) electrons. The fraction of sp³-hybridized carbons (Fsp3) is 0.400. The van der Waals surface area contributed by atoms with E-state index in [-0.39, 0.29) is 13.2 Å². The van der Waals surface area contributed by atoms with Gasteiger partial charge in [0.2, 0.25) is 0 Å². The minimum Gasteiger partial charge on any atom is -0.490 e. The molecule has 0 saturated heterocycles. The van der Waals surface area contributed by atoms with Gasteiger partial charge in [0, 0.05) is 5.02 Å². The van der Waals surface area contributed by atoms with Crippen LogP contribution in [0, 0.1) is 0 Å². The van der Waals surface area contributed by atoms with Gasteiger partial charge in [0.25, 0.3) is 0 Å². The number of benzene rings is 1. The topological polar surface area (TPSA) is 18.5 Å². The lowest BCUT2D eigenvalue weighted by atomic mass is 10.3. The fourth-order valence-corrected chi connectivity index (χ4v) is 1.79. The Bertz CT molecular complexity index is 371. The van der Waals surface area contributed by atoms with Crippen LogP contribution in [0.2, 0.25) is 5.02 Å². The second-order valence-electron chi connectivity index (χ2n) is 3.09. The monoisotopic (exact) mass is 332 g/mol. The van der Waals surface area contributed by atoms with E-state index in [2.05, 4.69) is 20.7 Å². The Morgan fingerprint density at radius 1 is 1.24 bits per heavy atom. The van der Waals surface area contributed by atoms with E-state index >= 15 is 0 Å². The summed E-state index contributed by atoms with van der Waals surface area (Å²) in [6.45, 7) is -1.36. The second kappa shape index (κ2) is 6.47. The average molecular weight is 334 g/mol. The molecule has 2 nitrogen and oxygen atoms in total. The van der Waals surface area contributed by atoms with Crippen molar-refractivity contribution in [3.8, 4) is 5.75 Å². The summed E-state index contributed by atoms with van der Waals surface area (Å²) in [5.74, 6) is 0.505. The molecular weight excluding hydrogens is 324 g/mol. The van der Waals surface area contributed by atoms with Crippen molar-refractivity contribution in [1.29, 1.82) is 0 Å². The number of hydrogen-bond donors (Lipinski definition) is 0. The maximum Gasteiger partial charge on any atom is 0.411 e. The highest BCUT2D eigenvalue weighted by atomic mass is 79.9. The number of ether oxygens (including phenoxy) is 2. The van der Waals surface area contributed by atoms with Gasteiger partial charge in [-0.25, -0.2) is 0 Å². The normalized spacial score (nSPS) is 11.6. The first-order valence-corrected chi connectivity index (χ1v) is 5.78. The molecule has 0 heterocycles. The molecule has 0 aromatic heterocycles. The van der Waals surface area contributed by atoms with Crippen LogP contribution < -0.4 is 4.74 Å². The lowest BCUT2D eigenvalue weighted by molar-refractivity contribution is -0.175. The van der Waals surface area contributed by atoms with Gasteiger partial charge in [-0.05, 0) is 34.1 Å². The van der Waals surface area contributed by atoms with Crippen molar-refractivity contribution in [1.82, 2.24) is 0 Å². The number of halogens is 5. The summed E-state index contributed by atoms with van der Waals surface area (Å²) < 4.78 is 45.4. The molecule has 96 valence electrons. The van der Waals surface area contributed by atoms with Crippen molar-refractivity contribution in [3.63, 3.8) is 0 Å². The highest BCUT2D eigenvalue weighted by Crippen LogP contribution is 2.27. The molecule has 0 unspecified atom stereocenters. The number of rotatable bonds is 5. The van der Waals surface area contributed by atoms with Crippen LogP contribution in [0.3, 0.4) is 0 Å². The zero-order valence-corrected chi connectivity index (χ0v) is 10.9. The molecular formula is C10H9BrClF3O2. The molecule has 7 heteroatoms. The quantitative estimate of drug-likeness (QED) is 0.757. The molecule has 1 rings (SSSR count). The Kier molecular flexibility index (Phi) is 5.55. The lowest BCUT2D eigenvalue weighted by Crippen LogP contribution is -2.19. The highest BCUT2D eigenvalue weighted by Gasteiger charge is 2.27. The Morgan fingerprint density at radius 2 is 1.94 bits per heavy atom. The van der Waals surface area contributed by atoms with Crippen LogP contribution in [0.4, 0.5) is 13.2 Å². The largest absolute Gasteiger partial charge is 0.490 e. The van der Waals surface area contributed by atoms with Gasteiger partial charge in [0.1, 0.15) is 19.0 Å². The van der Waals surface area contributed by atoms with Crippen molar-refractivity contribution in [2.24, 2.45) is 0 Å². The predicted molar refractivity (Wildman–Crippen MR) is 61.5 cm³/mol. The van der Waals surface area contributed by atoms with Crippen LogP contribution in [0.1, 0.15) is 0 Å². The summed E-state index contributed by atoms with van der Waals surface area (Å²) in [6, 6.07) is 4.88. The smallest absolute Gasteiger partial charge is 0.411 e. The summed E-state index contributed by atoms with van der Waals surface area (Å²) in [7, 11) is 0. The van der Waals surface area contributed by atoms with Crippen LogP contribution >= 0.6 is 27.5 Å². The molecule has 0 atom stereocenters. The van der Waals surface area contributed by atoms with Crippen LogP contribution in [0.25, 0.3) is 0 Å². The zero-order chi connectivity index (χ0) is 12.9. The Morgan fingerprint density at radius 3 is 2.53 bits per heavy atom. The van der Waals surface area contributed by atoms with Crippen molar-refractivity contribution in [2.75, 3.05) is 19.8 Å². The molecule has 1 aromatic rings. The standard InChI is InChI=1S/C10H9BrClF3O2/c11-8-5-7(12)1-2-9(8)17-4-3-16-6-10(13,14)15/h1-2,5H,3-4,6H2. The van der Waals surface area contributed by atoms with Gasteiger partial charge in [0.15, 0.2) is 0 Å². The lowest BCUT2D eigenvalue weighted by Gasteiger charge is -2.10. The number of alkyl halides is 3. The first-order valence-electron chi connectivity index (χ1n) is 4.61. The van der Waals surface area contributed by atoms with E-state index in [0.29, 0.717) is 15.2 Å².